The molecule has 4 rings (SSSR count). The monoisotopic (exact) mass is 288 g/mol. The first kappa shape index (κ1) is 12.7. The van der Waals surface area contributed by atoms with Crippen molar-refractivity contribution in [3.63, 3.8) is 0 Å². The van der Waals surface area contributed by atoms with Crippen LogP contribution in [0.4, 0.5) is 5.82 Å². The molecule has 1 fully saturated rings. The Balaban J connectivity index is 1.59. The summed E-state index contributed by atoms with van der Waals surface area (Å²) in [6.07, 6.45) is 1.84. The Morgan fingerprint density at radius 2 is 2.10 bits per heavy atom. The van der Waals surface area contributed by atoms with E-state index in [2.05, 4.69) is 10.3 Å². The number of ether oxygens (including phenoxy) is 4. The van der Waals surface area contributed by atoms with E-state index in [-0.39, 0.29) is 12.9 Å². The lowest BCUT2D eigenvalue weighted by Gasteiger charge is -2.23. The summed E-state index contributed by atoms with van der Waals surface area (Å²) in [6.45, 7) is 2.88. The Morgan fingerprint density at radius 3 is 2.95 bits per heavy atom. The molecule has 6 nitrogen and oxygen atoms in total. The van der Waals surface area contributed by atoms with Gasteiger partial charge in [-0.15, -0.1) is 0 Å². The summed E-state index contributed by atoms with van der Waals surface area (Å²) >= 11 is 0. The van der Waals surface area contributed by atoms with Crippen molar-refractivity contribution >= 4 is 16.6 Å². The first-order chi connectivity index (χ1) is 10.4. The maximum atomic E-state index is 5.63. The minimum Gasteiger partial charge on any atom is -0.454 e. The van der Waals surface area contributed by atoms with Crippen LogP contribution in [0.2, 0.25) is 0 Å². The fourth-order valence-corrected chi connectivity index (χ4v) is 2.57. The lowest BCUT2D eigenvalue weighted by Crippen LogP contribution is -2.34. The van der Waals surface area contributed by atoms with Gasteiger partial charge >= 0.3 is 0 Å². The fraction of sp³-hybridized carbons (Fsp3) is 0.400. The van der Waals surface area contributed by atoms with Gasteiger partial charge in [0.1, 0.15) is 5.82 Å². The number of fused-ring (bicyclic) bond motifs is 2. The van der Waals surface area contributed by atoms with Gasteiger partial charge in [0.2, 0.25) is 6.79 Å². The van der Waals surface area contributed by atoms with Crippen LogP contribution < -0.4 is 14.8 Å². The van der Waals surface area contributed by atoms with Crippen LogP contribution in [0.3, 0.4) is 0 Å². The lowest BCUT2D eigenvalue weighted by molar-refractivity contribution is -0.0819. The van der Waals surface area contributed by atoms with Gasteiger partial charge in [0.15, 0.2) is 11.5 Å². The van der Waals surface area contributed by atoms with Gasteiger partial charge < -0.3 is 24.3 Å². The van der Waals surface area contributed by atoms with Crippen LogP contribution in [0, 0.1) is 0 Å². The van der Waals surface area contributed by atoms with Crippen molar-refractivity contribution in [2.24, 2.45) is 0 Å². The third-order valence-corrected chi connectivity index (χ3v) is 3.64. The molecule has 0 spiro atoms. The Hall–Kier alpha value is -2.05. The zero-order valence-corrected chi connectivity index (χ0v) is 11.5. The molecular weight excluding hydrogens is 272 g/mol. The summed E-state index contributed by atoms with van der Waals surface area (Å²) in [6, 6.07) is 5.90. The van der Waals surface area contributed by atoms with Gasteiger partial charge in [-0.3, -0.25) is 0 Å². The number of nitrogens with zero attached hydrogens (tertiary/aromatic N) is 1. The van der Waals surface area contributed by atoms with E-state index in [0.717, 1.165) is 28.1 Å². The molecule has 1 aromatic heterocycles. The fourth-order valence-electron chi connectivity index (χ4n) is 2.57. The number of nitrogens with one attached hydrogen (secondary N) is 1. The van der Waals surface area contributed by atoms with Crippen molar-refractivity contribution in [2.45, 2.75) is 6.10 Å². The normalized spacial score (nSPS) is 20.7. The second-order valence-electron chi connectivity index (χ2n) is 5.03. The molecule has 2 aromatic rings. The van der Waals surface area contributed by atoms with Gasteiger partial charge in [0.05, 0.1) is 25.9 Å². The highest BCUT2D eigenvalue weighted by molar-refractivity contribution is 5.94. The van der Waals surface area contributed by atoms with Gasteiger partial charge in [0.25, 0.3) is 0 Å². The van der Waals surface area contributed by atoms with E-state index in [1.165, 1.54) is 0 Å². The second-order valence-corrected chi connectivity index (χ2v) is 5.03. The standard InChI is InChI=1S/C15H16N2O4/c1-2-16-15(17-7-11-8-18-3-4-19-11)12-6-14-13(5-10(1)12)20-9-21-14/h1-2,5-6,11H,3-4,7-9H2,(H,16,17). The molecule has 1 unspecified atom stereocenters. The van der Waals surface area contributed by atoms with Gasteiger partial charge in [-0.05, 0) is 23.6 Å². The molecule has 0 radical (unpaired) electrons. The van der Waals surface area contributed by atoms with Gasteiger partial charge in [-0.1, -0.05) is 0 Å². The molecule has 1 saturated heterocycles. The third-order valence-electron chi connectivity index (χ3n) is 3.64. The van der Waals surface area contributed by atoms with Crippen LogP contribution in [0.1, 0.15) is 0 Å². The van der Waals surface area contributed by atoms with Crippen LogP contribution in [0.15, 0.2) is 24.4 Å². The molecule has 3 heterocycles. The van der Waals surface area contributed by atoms with E-state index in [1.54, 1.807) is 6.20 Å². The summed E-state index contributed by atoms with van der Waals surface area (Å²) in [5.74, 6) is 2.36. The first-order valence-electron chi connectivity index (χ1n) is 7.02. The Morgan fingerprint density at radius 1 is 1.19 bits per heavy atom. The molecule has 0 aliphatic carbocycles. The predicted octanol–water partition coefficient (Wildman–Crippen LogP) is 1.79. The molecule has 110 valence electrons. The zero-order valence-electron chi connectivity index (χ0n) is 11.5. The summed E-state index contributed by atoms with van der Waals surface area (Å²) in [4.78, 5) is 4.41. The molecule has 1 atom stereocenters. The number of hydrogen-bond acceptors (Lipinski definition) is 6. The number of pyridine rings is 1. The topological polar surface area (TPSA) is 61.8 Å². The Bertz CT molecular complexity index is 655. The largest absolute Gasteiger partial charge is 0.454 e. The Labute approximate surface area is 122 Å². The number of benzene rings is 1. The van der Waals surface area contributed by atoms with E-state index in [1.807, 2.05) is 18.2 Å². The summed E-state index contributed by atoms with van der Waals surface area (Å²) in [7, 11) is 0. The highest BCUT2D eigenvalue weighted by Crippen LogP contribution is 2.37. The maximum absolute atomic E-state index is 5.63. The van der Waals surface area contributed by atoms with E-state index < -0.39 is 0 Å². The molecule has 1 N–H and O–H groups in total. The molecule has 2 aliphatic heterocycles. The Kier molecular flexibility index (Phi) is 3.25. The van der Waals surface area contributed by atoms with Gasteiger partial charge in [-0.25, -0.2) is 4.98 Å². The summed E-state index contributed by atoms with van der Waals surface area (Å²) in [5.41, 5.74) is 0. The highest BCUT2D eigenvalue weighted by Gasteiger charge is 2.17. The maximum Gasteiger partial charge on any atom is 0.231 e. The molecule has 0 bridgehead atoms. The second kappa shape index (κ2) is 5.38. The first-order valence-corrected chi connectivity index (χ1v) is 7.02. The van der Waals surface area contributed by atoms with E-state index >= 15 is 0 Å². The molecule has 0 saturated carbocycles. The summed E-state index contributed by atoms with van der Waals surface area (Å²) in [5, 5.41) is 5.42. The van der Waals surface area contributed by atoms with Crippen LogP contribution in [-0.2, 0) is 9.47 Å². The van der Waals surface area contributed by atoms with Crippen molar-refractivity contribution in [2.75, 3.05) is 38.5 Å². The number of rotatable bonds is 3. The van der Waals surface area contributed by atoms with Gasteiger partial charge in [-0.2, -0.15) is 0 Å². The van der Waals surface area contributed by atoms with Crippen molar-refractivity contribution in [1.82, 2.24) is 4.98 Å². The molecule has 2 aliphatic rings. The van der Waals surface area contributed by atoms with Crippen LogP contribution >= 0.6 is 0 Å². The molecule has 6 heteroatoms. The average Bonchev–Trinajstić information content (AvgIpc) is 2.99. The van der Waals surface area contributed by atoms with Crippen LogP contribution in [0.25, 0.3) is 10.8 Å². The van der Waals surface area contributed by atoms with Crippen molar-refractivity contribution in [3.05, 3.63) is 24.4 Å². The molecular formula is C15H16N2O4. The zero-order chi connectivity index (χ0) is 14.1. The SMILES string of the molecule is c1cc2cc3c(cc2c(NCC2COCCO2)n1)OCO3. The van der Waals surface area contributed by atoms with E-state index in [4.69, 9.17) is 18.9 Å². The molecule has 0 amide bonds. The van der Waals surface area contributed by atoms with E-state index in [0.29, 0.717) is 26.4 Å². The van der Waals surface area contributed by atoms with Crippen LogP contribution in [0.5, 0.6) is 11.5 Å². The molecule has 1 aromatic carbocycles. The molecule has 21 heavy (non-hydrogen) atoms. The number of aromatic nitrogens is 1. The van der Waals surface area contributed by atoms with Gasteiger partial charge in [0, 0.05) is 18.1 Å². The smallest absolute Gasteiger partial charge is 0.231 e. The lowest BCUT2D eigenvalue weighted by atomic mass is 10.1. The van der Waals surface area contributed by atoms with Crippen molar-refractivity contribution in [1.29, 1.82) is 0 Å². The minimum absolute atomic E-state index is 0.0600. The van der Waals surface area contributed by atoms with E-state index in [9.17, 15) is 0 Å². The van der Waals surface area contributed by atoms with Crippen molar-refractivity contribution in [3.8, 4) is 11.5 Å². The quantitative estimate of drug-likeness (QED) is 0.929. The highest BCUT2D eigenvalue weighted by atomic mass is 16.7. The third kappa shape index (κ3) is 2.48. The minimum atomic E-state index is 0.0600. The van der Waals surface area contributed by atoms with Crippen LogP contribution in [-0.4, -0.2) is 44.2 Å². The van der Waals surface area contributed by atoms with Crippen molar-refractivity contribution < 1.29 is 18.9 Å². The number of anilines is 1. The summed E-state index contributed by atoms with van der Waals surface area (Å²) < 4.78 is 21.9. The predicted molar refractivity (Wildman–Crippen MR) is 76.9 cm³/mol. The number of hydrogen-bond donors (Lipinski definition) is 1. The average molecular weight is 288 g/mol.